The predicted octanol–water partition coefficient (Wildman–Crippen LogP) is 4.12. The molecule has 0 N–H and O–H groups in total. The van der Waals surface area contributed by atoms with Gasteiger partial charge in [0.1, 0.15) is 18.2 Å². The minimum atomic E-state index is -0.604. The van der Waals surface area contributed by atoms with Gasteiger partial charge in [-0.1, -0.05) is 18.2 Å². The number of hydrogen-bond acceptors (Lipinski definition) is 6. The Hall–Kier alpha value is -2.16. The average Bonchev–Trinajstić information content (AvgIpc) is 3.54. The lowest BCUT2D eigenvalue weighted by atomic mass is 9.93. The van der Waals surface area contributed by atoms with Gasteiger partial charge >= 0.3 is 5.97 Å². The zero-order chi connectivity index (χ0) is 22.7. The SMILES string of the molecule is CCOC(=O)Cn1ccnc1/C=C1/CN(C(C(=O)C2CC2)c2ccccc2F)CCC1S.Cl. The van der Waals surface area contributed by atoms with Crippen LogP contribution in [0, 0.1) is 11.7 Å². The molecule has 2 atom stereocenters. The molecule has 1 aromatic heterocycles. The van der Waals surface area contributed by atoms with E-state index in [2.05, 4.69) is 9.88 Å². The number of likely N-dealkylation sites (tertiary alicyclic amines) is 1. The molecule has 4 rings (SSSR count). The summed E-state index contributed by atoms with van der Waals surface area (Å²) in [7, 11) is 0. The van der Waals surface area contributed by atoms with Crippen molar-refractivity contribution in [3.63, 3.8) is 0 Å². The predicted molar refractivity (Wildman–Crippen MR) is 130 cm³/mol. The minimum Gasteiger partial charge on any atom is -0.465 e. The highest BCUT2D eigenvalue weighted by Crippen LogP contribution is 2.39. The molecule has 1 aromatic carbocycles. The zero-order valence-electron chi connectivity index (χ0n) is 18.5. The molecular formula is C24H29ClFN3O3S. The molecule has 1 saturated carbocycles. The Morgan fingerprint density at radius 1 is 1.30 bits per heavy atom. The molecule has 1 aliphatic carbocycles. The van der Waals surface area contributed by atoms with Crippen LogP contribution >= 0.6 is 25.0 Å². The van der Waals surface area contributed by atoms with Crippen LogP contribution in [0.4, 0.5) is 4.39 Å². The quantitative estimate of drug-likeness (QED) is 0.443. The van der Waals surface area contributed by atoms with E-state index in [9.17, 15) is 14.0 Å². The van der Waals surface area contributed by atoms with E-state index in [0.717, 1.165) is 24.8 Å². The second kappa shape index (κ2) is 11.3. The number of carbonyl (C=O) groups is 2. The van der Waals surface area contributed by atoms with Gasteiger partial charge in [-0.25, -0.2) is 9.37 Å². The summed E-state index contributed by atoms with van der Waals surface area (Å²) in [5, 5.41) is -0.00343. The molecular weight excluding hydrogens is 465 g/mol. The molecule has 178 valence electrons. The number of thiol groups is 1. The number of rotatable bonds is 8. The van der Waals surface area contributed by atoms with Gasteiger partial charge in [0.15, 0.2) is 5.78 Å². The highest BCUT2D eigenvalue weighted by atomic mass is 35.5. The monoisotopic (exact) mass is 493 g/mol. The van der Waals surface area contributed by atoms with Crippen molar-refractivity contribution in [2.75, 3.05) is 19.7 Å². The first-order chi connectivity index (χ1) is 15.5. The molecule has 1 aliphatic heterocycles. The highest BCUT2D eigenvalue weighted by Gasteiger charge is 2.40. The number of esters is 1. The summed E-state index contributed by atoms with van der Waals surface area (Å²) in [6, 6.07) is 5.94. The molecule has 2 fully saturated rings. The van der Waals surface area contributed by atoms with Crippen molar-refractivity contribution in [3.8, 4) is 0 Å². The van der Waals surface area contributed by atoms with Gasteiger partial charge in [-0.3, -0.25) is 14.5 Å². The largest absolute Gasteiger partial charge is 0.465 e. The molecule has 0 spiro atoms. The van der Waals surface area contributed by atoms with Crippen LogP contribution in [-0.2, 0) is 20.9 Å². The molecule has 2 unspecified atom stereocenters. The topological polar surface area (TPSA) is 64.4 Å². The Morgan fingerprint density at radius 3 is 2.76 bits per heavy atom. The van der Waals surface area contributed by atoms with Gasteiger partial charge in [0.25, 0.3) is 0 Å². The van der Waals surface area contributed by atoms with Gasteiger partial charge < -0.3 is 9.30 Å². The average molecular weight is 494 g/mol. The number of imidazole rings is 1. The van der Waals surface area contributed by atoms with Crippen LogP contribution in [0.2, 0.25) is 0 Å². The van der Waals surface area contributed by atoms with E-state index in [1.54, 1.807) is 42.1 Å². The lowest BCUT2D eigenvalue weighted by Crippen LogP contribution is -2.42. The van der Waals surface area contributed by atoms with Gasteiger partial charge in [-0.15, -0.1) is 12.4 Å². The number of carbonyl (C=O) groups excluding carboxylic acids is 2. The van der Waals surface area contributed by atoms with Crippen molar-refractivity contribution in [1.82, 2.24) is 14.5 Å². The second-order valence-corrected chi connectivity index (χ2v) is 8.94. The summed E-state index contributed by atoms with van der Waals surface area (Å²) < 4.78 is 21.5. The van der Waals surface area contributed by atoms with E-state index < -0.39 is 6.04 Å². The number of piperidine rings is 1. The number of Topliss-reactive ketones (excluding diaryl/α,β-unsaturated/α-hetero) is 1. The molecule has 2 aliphatic rings. The number of benzene rings is 1. The fourth-order valence-corrected chi connectivity index (χ4v) is 4.45. The molecule has 1 saturated heterocycles. The van der Waals surface area contributed by atoms with Crippen LogP contribution in [0.15, 0.2) is 42.2 Å². The highest BCUT2D eigenvalue weighted by molar-refractivity contribution is 7.81. The Balaban J connectivity index is 0.00000306. The third-order valence-corrected chi connectivity index (χ3v) is 6.57. The maximum absolute atomic E-state index is 14.7. The van der Waals surface area contributed by atoms with Gasteiger partial charge in [0, 0.05) is 42.2 Å². The van der Waals surface area contributed by atoms with Crippen molar-refractivity contribution in [3.05, 3.63) is 59.4 Å². The van der Waals surface area contributed by atoms with E-state index in [1.165, 1.54) is 6.07 Å². The summed E-state index contributed by atoms with van der Waals surface area (Å²) in [6.45, 7) is 3.31. The number of ketones is 1. The molecule has 0 bridgehead atoms. The lowest BCUT2D eigenvalue weighted by Gasteiger charge is -2.37. The summed E-state index contributed by atoms with van der Waals surface area (Å²) in [5.41, 5.74) is 1.42. The van der Waals surface area contributed by atoms with Gasteiger partial charge in [0.05, 0.1) is 12.6 Å². The fourth-order valence-electron chi connectivity index (χ4n) is 4.18. The molecule has 2 aromatic rings. The molecule has 33 heavy (non-hydrogen) atoms. The zero-order valence-corrected chi connectivity index (χ0v) is 20.2. The third-order valence-electron chi connectivity index (χ3n) is 5.98. The Labute approximate surface area is 205 Å². The van der Waals surface area contributed by atoms with Gasteiger partial charge in [-0.2, -0.15) is 12.6 Å². The second-order valence-electron chi connectivity index (χ2n) is 8.31. The number of halogens is 2. The number of hydrogen-bond donors (Lipinski definition) is 1. The molecule has 6 nitrogen and oxygen atoms in total. The first kappa shape index (κ1) is 25.5. The molecule has 2 heterocycles. The Kier molecular flexibility index (Phi) is 8.73. The molecule has 0 radical (unpaired) electrons. The summed E-state index contributed by atoms with van der Waals surface area (Å²) >= 11 is 4.74. The third kappa shape index (κ3) is 6.05. The van der Waals surface area contributed by atoms with Crippen molar-refractivity contribution >= 4 is 42.9 Å². The van der Waals surface area contributed by atoms with Crippen LogP contribution in [0.1, 0.15) is 43.6 Å². The summed E-state index contributed by atoms with van der Waals surface area (Å²) in [5.74, 6) is 0.0625. The van der Waals surface area contributed by atoms with Crippen LogP contribution in [-0.4, -0.2) is 51.1 Å². The van der Waals surface area contributed by atoms with Crippen LogP contribution in [0.25, 0.3) is 6.08 Å². The first-order valence-corrected chi connectivity index (χ1v) is 11.6. The fraction of sp³-hybridized carbons (Fsp3) is 0.458. The van der Waals surface area contributed by atoms with Crippen molar-refractivity contribution < 1.29 is 18.7 Å². The van der Waals surface area contributed by atoms with Crippen LogP contribution in [0.5, 0.6) is 0 Å². The Bertz CT molecular complexity index is 1020. The van der Waals surface area contributed by atoms with Gasteiger partial charge in [0.2, 0.25) is 0 Å². The molecule has 0 amide bonds. The van der Waals surface area contributed by atoms with Crippen molar-refractivity contribution in [2.45, 2.75) is 44.0 Å². The molecule has 9 heteroatoms. The lowest BCUT2D eigenvalue weighted by molar-refractivity contribution is -0.143. The van der Waals surface area contributed by atoms with Gasteiger partial charge in [-0.05, 0) is 43.9 Å². The maximum atomic E-state index is 14.7. The smallest absolute Gasteiger partial charge is 0.325 e. The van der Waals surface area contributed by atoms with Crippen LogP contribution in [0.3, 0.4) is 0 Å². The van der Waals surface area contributed by atoms with E-state index in [1.807, 2.05) is 6.08 Å². The number of nitrogens with zero attached hydrogens (tertiary/aromatic N) is 3. The van der Waals surface area contributed by atoms with E-state index >= 15 is 0 Å². The van der Waals surface area contributed by atoms with Crippen LogP contribution < -0.4 is 0 Å². The van der Waals surface area contributed by atoms with Crippen molar-refractivity contribution in [1.29, 1.82) is 0 Å². The first-order valence-electron chi connectivity index (χ1n) is 11.1. The minimum absolute atomic E-state index is 0. The maximum Gasteiger partial charge on any atom is 0.325 e. The van der Waals surface area contributed by atoms with Crippen molar-refractivity contribution in [2.24, 2.45) is 5.92 Å². The summed E-state index contributed by atoms with van der Waals surface area (Å²) in [4.78, 5) is 31.5. The van der Waals surface area contributed by atoms with E-state index in [-0.39, 0.29) is 47.7 Å². The standard InChI is InChI=1S/C24H28FN3O3S.ClH/c1-2-31-22(29)15-27-12-10-26-21(27)13-17-14-28(11-9-20(17)32)23(24(30)16-7-8-16)18-5-3-4-6-19(18)25;/h3-6,10,12-13,16,20,23,32H,2,7-9,11,14-15H2,1H3;1H/b17-13-;. The Morgan fingerprint density at radius 2 is 2.06 bits per heavy atom. The normalized spacial score (nSPS) is 20.8. The number of aromatic nitrogens is 2. The van der Waals surface area contributed by atoms with E-state index in [4.69, 9.17) is 17.4 Å². The summed E-state index contributed by atoms with van der Waals surface area (Å²) in [6.07, 6.45) is 7.77. The van der Waals surface area contributed by atoms with E-state index in [0.29, 0.717) is 31.1 Å². The number of ether oxygens (including phenoxy) is 1.